The maximum absolute atomic E-state index is 6.12. The van der Waals surface area contributed by atoms with Crippen molar-refractivity contribution in [1.82, 2.24) is 0 Å². The molecule has 19 heavy (non-hydrogen) atoms. The standard InChI is InChI=1S/C17H25NO/c18-13-17(11-12-19-16(17)15-8-9-15)10-4-7-14-5-2-1-3-6-14/h1-3,5-6,15-16H,4,7-13,18H2. The van der Waals surface area contributed by atoms with Gasteiger partial charge in [0.05, 0.1) is 6.10 Å². The summed E-state index contributed by atoms with van der Waals surface area (Å²) in [6.07, 6.45) is 7.94. The van der Waals surface area contributed by atoms with Crippen molar-refractivity contribution in [3.8, 4) is 0 Å². The van der Waals surface area contributed by atoms with Crippen LogP contribution in [0.2, 0.25) is 0 Å². The number of aryl methyl sites for hydroxylation is 1. The Bertz CT molecular complexity index is 401. The first kappa shape index (κ1) is 13.1. The monoisotopic (exact) mass is 259 g/mol. The Morgan fingerprint density at radius 2 is 2.00 bits per heavy atom. The van der Waals surface area contributed by atoms with E-state index in [2.05, 4.69) is 30.3 Å². The number of nitrogens with two attached hydrogens (primary N) is 1. The van der Waals surface area contributed by atoms with Crippen molar-refractivity contribution in [2.24, 2.45) is 17.1 Å². The lowest BCUT2D eigenvalue weighted by molar-refractivity contribution is 0.0296. The lowest BCUT2D eigenvalue weighted by Gasteiger charge is -2.33. The molecular formula is C17H25NO. The molecule has 3 rings (SSSR count). The third-order valence-corrected chi connectivity index (χ3v) is 4.94. The van der Waals surface area contributed by atoms with Gasteiger partial charge in [-0.25, -0.2) is 0 Å². The second-order valence-electron chi connectivity index (χ2n) is 6.28. The smallest absolute Gasteiger partial charge is 0.0672 e. The zero-order valence-corrected chi connectivity index (χ0v) is 11.7. The summed E-state index contributed by atoms with van der Waals surface area (Å²) in [7, 11) is 0. The first-order chi connectivity index (χ1) is 9.34. The summed E-state index contributed by atoms with van der Waals surface area (Å²) in [5, 5.41) is 0. The van der Waals surface area contributed by atoms with Crippen LogP contribution < -0.4 is 5.73 Å². The molecule has 1 aromatic carbocycles. The highest BCUT2D eigenvalue weighted by Gasteiger charge is 2.49. The van der Waals surface area contributed by atoms with E-state index in [4.69, 9.17) is 10.5 Å². The van der Waals surface area contributed by atoms with Gasteiger partial charge in [-0.05, 0) is 50.0 Å². The van der Waals surface area contributed by atoms with Gasteiger partial charge in [0.15, 0.2) is 0 Å². The average Bonchev–Trinajstić information content (AvgIpc) is 3.21. The Balaban J connectivity index is 1.57. The number of hydrogen-bond donors (Lipinski definition) is 1. The van der Waals surface area contributed by atoms with Crippen molar-refractivity contribution in [1.29, 1.82) is 0 Å². The topological polar surface area (TPSA) is 35.2 Å². The van der Waals surface area contributed by atoms with Gasteiger partial charge < -0.3 is 10.5 Å². The molecule has 2 aliphatic rings. The summed E-state index contributed by atoms with van der Waals surface area (Å²) in [6.45, 7) is 1.71. The van der Waals surface area contributed by atoms with E-state index in [1.165, 1.54) is 44.1 Å². The van der Waals surface area contributed by atoms with E-state index < -0.39 is 0 Å². The van der Waals surface area contributed by atoms with E-state index in [1.807, 2.05) is 0 Å². The van der Waals surface area contributed by atoms with Crippen molar-refractivity contribution >= 4 is 0 Å². The molecule has 2 N–H and O–H groups in total. The molecule has 2 atom stereocenters. The van der Waals surface area contributed by atoms with E-state index >= 15 is 0 Å². The fourth-order valence-electron chi connectivity index (χ4n) is 3.62. The van der Waals surface area contributed by atoms with E-state index in [-0.39, 0.29) is 5.41 Å². The summed E-state index contributed by atoms with van der Waals surface area (Å²) < 4.78 is 6.01. The Kier molecular flexibility index (Phi) is 3.90. The molecule has 0 spiro atoms. The molecule has 2 nitrogen and oxygen atoms in total. The fourth-order valence-corrected chi connectivity index (χ4v) is 3.62. The van der Waals surface area contributed by atoms with Crippen molar-refractivity contribution in [2.45, 2.75) is 44.6 Å². The normalized spacial score (nSPS) is 30.7. The van der Waals surface area contributed by atoms with Crippen LogP contribution in [-0.2, 0) is 11.2 Å². The van der Waals surface area contributed by atoms with Crippen LogP contribution >= 0.6 is 0 Å². The minimum atomic E-state index is 0.274. The molecule has 0 radical (unpaired) electrons. The lowest BCUT2D eigenvalue weighted by atomic mass is 9.74. The number of hydrogen-bond acceptors (Lipinski definition) is 2. The molecule has 2 unspecified atom stereocenters. The molecule has 2 heteroatoms. The van der Waals surface area contributed by atoms with Gasteiger partial charge in [-0.15, -0.1) is 0 Å². The summed E-state index contributed by atoms with van der Waals surface area (Å²) in [5.74, 6) is 0.808. The number of rotatable bonds is 6. The molecule has 1 aromatic rings. The van der Waals surface area contributed by atoms with Crippen LogP contribution in [0.4, 0.5) is 0 Å². The van der Waals surface area contributed by atoms with Gasteiger partial charge in [0.25, 0.3) is 0 Å². The first-order valence-electron chi connectivity index (χ1n) is 7.70. The molecule has 0 amide bonds. The maximum Gasteiger partial charge on any atom is 0.0672 e. The molecule has 1 heterocycles. The van der Waals surface area contributed by atoms with E-state index in [0.717, 1.165) is 19.1 Å². The summed E-state index contributed by atoms with van der Waals surface area (Å²) in [6, 6.07) is 10.8. The van der Waals surface area contributed by atoms with Crippen LogP contribution in [0.15, 0.2) is 30.3 Å². The number of ether oxygens (including phenoxy) is 1. The summed E-state index contributed by atoms with van der Waals surface area (Å²) in [4.78, 5) is 0. The van der Waals surface area contributed by atoms with Crippen LogP contribution in [0.1, 0.15) is 37.7 Å². The third-order valence-electron chi connectivity index (χ3n) is 4.94. The molecule has 0 bridgehead atoms. The van der Waals surface area contributed by atoms with Crippen LogP contribution in [-0.4, -0.2) is 19.3 Å². The highest BCUT2D eigenvalue weighted by Crippen LogP contribution is 2.49. The Morgan fingerprint density at radius 1 is 1.21 bits per heavy atom. The zero-order valence-electron chi connectivity index (χ0n) is 11.7. The summed E-state index contributed by atoms with van der Waals surface area (Å²) >= 11 is 0. The predicted octanol–water partition coefficient (Wildman–Crippen LogP) is 3.15. The van der Waals surface area contributed by atoms with Gasteiger partial charge in [-0.2, -0.15) is 0 Å². The average molecular weight is 259 g/mol. The fraction of sp³-hybridized carbons (Fsp3) is 0.647. The Morgan fingerprint density at radius 3 is 2.68 bits per heavy atom. The van der Waals surface area contributed by atoms with Crippen LogP contribution in [0.3, 0.4) is 0 Å². The van der Waals surface area contributed by atoms with E-state index in [1.54, 1.807) is 0 Å². The van der Waals surface area contributed by atoms with E-state index in [9.17, 15) is 0 Å². The largest absolute Gasteiger partial charge is 0.377 e. The van der Waals surface area contributed by atoms with Crippen molar-refractivity contribution in [3.05, 3.63) is 35.9 Å². The Labute approximate surface area is 116 Å². The molecule has 1 saturated heterocycles. The molecule has 104 valence electrons. The van der Waals surface area contributed by atoms with Gasteiger partial charge in [-0.1, -0.05) is 30.3 Å². The number of benzene rings is 1. The second kappa shape index (κ2) is 5.64. The Hall–Kier alpha value is -0.860. The van der Waals surface area contributed by atoms with E-state index in [0.29, 0.717) is 6.10 Å². The van der Waals surface area contributed by atoms with Gasteiger partial charge in [0, 0.05) is 18.6 Å². The first-order valence-corrected chi connectivity index (χ1v) is 7.70. The molecular weight excluding hydrogens is 234 g/mol. The highest BCUT2D eigenvalue weighted by molar-refractivity contribution is 5.14. The third kappa shape index (κ3) is 2.85. The summed E-state index contributed by atoms with van der Waals surface area (Å²) in [5.41, 5.74) is 7.84. The van der Waals surface area contributed by atoms with Crippen molar-refractivity contribution in [3.63, 3.8) is 0 Å². The molecule has 0 aromatic heterocycles. The minimum Gasteiger partial charge on any atom is -0.377 e. The zero-order chi connectivity index (χ0) is 13.1. The van der Waals surface area contributed by atoms with Crippen LogP contribution in [0.25, 0.3) is 0 Å². The predicted molar refractivity (Wildman–Crippen MR) is 77.9 cm³/mol. The highest BCUT2D eigenvalue weighted by atomic mass is 16.5. The molecule has 1 saturated carbocycles. The van der Waals surface area contributed by atoms with Gasteiger partial charge >= 0.3 is 0 Å². The second-order valence-corrected chi connectivity index (χ2v) is 6.28. The van der Waals surface area contributed by atoms with Gasteiger partial charge in [0.1, 0.15) is 0 Å². The van der Waals surface area contributed by atoms with Crippen LogP contribution in [0.5, 0.6) is 0 Å². The maximum atomic E-state index is 6.12. The SMILES string of the molecule is NCC1(CCCc2ccccc2)CCOC1C1CC1. The minimum absolute atomic E-state index is 0.274. The quantitative estimate of drug-likeness (QED) is 0.851. The molecule has 1 aliphatic carbocycles. The van der Waals surface area contributed by atoms with Crippen molar-refractivity contribution < 1.29 is 4.74 Å². The van der Waals surface area contributed by atoms with Crippen LogP contribution in [0, 0.1) is 11.3 Å². The molecule has 2 fully saturated rings. The molecule has 1 aliphatic heterocycles. The lowest BCUT2D eigenvalue weighted by Crippen LogP contribution is -2.39. The van der Waals surface area contributed by atoms with Gasteiger partial charge in [-0.3, -0.25) is 0 Å². The van der Waals surface area contributed by atoms with Crippen molar-refractivity contribution in [2.75, 3.05) is 13.2 Å². The van der Waals surface area contributed by atoms with Gasteiger partial charge in [0.2, 0.25) is 0 Å².